The summed E-state index contributed by atoms with van der Waals surface area (Å²) < 4.78 is 5.27. The van der Waals surface area contributed by atoms with E-state index < -0.39 is 0 Å². The Kier molecular flexibility index (Phi) is 15.1. The first kappa shape index (κ1) is 17.5. The maximum absolute atomic E-state index is 5.00. The normalized spacial score (nSPS) is 9.60. The van der Waals surface area contributed by atoms with Crippen molar-refractivity contribution < 1.29 is 21.2 Å². The van der Waals surface area contributed by atoms with Crippen LogP contribution in [0, 0.1) is 0 Å². The second kappa shape index (κ2) is 8.60. The summed E-state index contributed by atoms with van der Waals surface area (Å²) in [5.74, 6) is 0. The molecule has 0 saturated heterocycles. The Balaban J connectivity index is -0.000000245. The largest absolute Gasteiger partial charge is 1.00 e. The van der Waals surface area contributed by atoms with Gasteiger partial charge in [-0.2, -0.15) is 0 Å². The van der Waals surface area contributed by atoms with Crippen molar-refractivity contribution >= 4 is 41.4 Å². The van der Waals surface area contributed by atoms with E-state index in [1.807, 2.05) is 0 Å². The Morgan fingerprint density at radius 1 is 1.30 bits per heavy atom. The molecule has 0 amide bonds. The Morgan fingerprint density at radius 2 is 1.70 bits per heavy atom. The van der Waals surface area contributed by atoms with Crippen molar-refractivity contribution in [3.05, 3.63) is 0 Å². The van der Waals surface area contributed by atoms with E-state index in [2.05, 4.69) is 25.4 Å². The molecule has 0 aliphatic carbocycles. The molecule has 59 valence electrons. The number of hydrogen-bond acceptors (Lipinski definition) is 1. The van der Waals surface area contributed by atoms with Gasteiger partial charge < -0.3 is 16.9 Å². The van der Waals surface area contributed by atoms with Crippen LogP contribution in [-0.4, -0.2) is 68.3 Å². The topological polar surface area (TPSA) is 9.23 Å². The van der Waals surface area contributed by atoms with Crippen molar-refractivity contribution in [1.29, 1.82) is 0 Å². The van der Waals surface area contributed by atoms with Crippen LogP contribution in [0.3, 0.4) is 0 Å². The molecule has 0 N–H and O–H groups in total. The molecule has 0 rings (SSSR count). The third-order valence-corrected chi connectivity index (χ3v) is 0.994. The van der Waals surface area contributed by atoms with Gasteiger partial charge in [0, 0.05) is 29.6 Å². The van der Waals surface area contributed by atoms with Crippen molar-refractivity contribution in [2.45, 2.75) is 0 Å². The van der Waals surface area contributed by atoms with E-state index in [0.29, 0.717) is 6.61 Å². The molecule has 0 aromatic rings. The molecular weight excluding hydrogens is 184 g/mol. The van der Waals surface area contributed by atoms with E-state index in [-0.39, 0.29) is 42.0 Å². The fourth-order valence-electron chi connectivity index (χ4n) is 0.308. The zero-order chi connectivity index (χ0) is 6.62. The smallest absolute Gasteiger partial charge is 0.117 e. The molecule has 10 heavy (non-hydrogen) atoms. The first-order valence-electron chi connectivity index (χ1n) is 2.60. The molecule has 0 saturated carbocycles. The van der Waals surface area contributed by atoms with E-state index in [4.69, 9.17) is 11.9 Å². The molecule has 0 bridgehead atoms. The third-order valence-electron chi connectivity index (χ3n) is 0.839. The molecule has 0 aromatic heterocycles. The van der Waals surface area contributed by atoms with Gasteiger partial charge in [-0.25, -0.2) is 0 Å². The summed E-state index contributed by atoms with van der Waals surface area (Å²) in [5.41, 5.74) is 0. The molecule has 0 fully saturated rings. The quantitative estimate of drug-likeness (QED) is 0.358. The second-order valence-corrected chi connectivity index (χ2v) is 3.05. The zero-order valence-corrected chi connectivity index (χ0v) is 10.5. The number of rotatable bonds is 3. The van der Waals surface area contributed by atoms with Crippen LogP contribution in [0.1, 0.15) is 0 Å². The molecule has 1 radical (unpaired) electrons. The van der Waals surface area contributed by atoms with Crippen molar-refractivity contribution in [2.24, 2.45) is 0 Å². The SMILES string of the molecule is C[N+](C)(C)CCOCl.[Cl-].[Na]. The molecular formula is C5H13Cl2NNaO. The van der Waals surface area contributed by atoms with E-state index in [1.165, 1.54) is 0 Å². The van der Waals surface area contributed by atoms with Crippen molar-refractivity contribution in [3.8, 4) is 0 Å². The van der Waals surface area contributed by atoms with Gasteiger partial charge in [0.25, 0.3) is 0 Å². The summed E-state index contributed by atoms with van der Waals surface area (Å²) in [4.78, 5) is 0. The molecule has 0 aromatic carbocycles. The first-order valence-corrected chi connectivity index (χ1v) is 2.91. The van der Waals surface area contributed by atoms with Gasteiger partial charge >= 0.3 is 0 Å². The minimum absolute atomic E-state index is 0. The summed E-state index contributed by atoms with van der Waals surface area (Å²) in [7, 11) is 6.28. The molecule has 0 aliphatic rings. The van der Waals surface area contributed by atoms with Crippen LogP contribution in [0.2, 0.25) is 0 Å². The van der Waals surface area contributed by atoms with Crippen LogP contribution in [0.25, 0.3) is 0 Å². The van der Waals surface area contributed by atoms with Gasteiger partial charge in [-0.1, -0.05) is 0 Å². The minimum Gasteiger partial charge on any atom is -1.00 e. The van der Waals surface area contributed by atoms with Gasteiger partial charge in [0.15, 0.2) is 0 Å². The average Bonchev–Trinajstić information content (AvgIpc) is 1.59. The molecule has 0 aliphatic heterocycles. The maximum atomic E-state index is 5.00. The number of nitrogens with zero attached hydrogens (tertiary/aromatic N) is 1. The Morgan fingerprint density at radius 3 is 1.80 bits per heavy atom. The Bertz CT molecular complexity index is 67.2. The zero-order valence-electron chi connectivity index (χ0n) is 7.03. The van der Waals surface area contributed by atoms with Crippen molar-refractivity contribution in [3.63, 3.8) is 0 Å². The number of hydrogen-bond donors (Lipinski definition) is 0. The average molecular weight is 197 g/mol. The summed E-state index contributed by atoms with van der Waals surface area (Å²) in [5, 5.41) is 0. The van der Waals surface area contributed by atoms with Crippen molar-refractivity contribution in [2.75, 3.05) is 34.3 Å². The van der Waals surface area contributed by atoms with Gasteiger partial charge in [-0.05, 0) is 0 Å². The Labute approximate surface area is 96.3 Å². The molecule has 0 heterocycles. The van der Waals surface area contributed by atoms with Gasteiger partial charge in [-0.3, -0.25) is 4.29 Å². The molecule has 0 spiro atoms. The number of likely N-dealkylation sites (N-methyl/N-ethyl adjacent to an activating group) is 1. The van der Waals surface area contributed by atoms with Crippen LogP contribution in [-0.2, 0) is 4.29 Å². The van der Waals surface area contributed by atoms with Crippen molar-refractivity contribution in [1.82, 2.24) is 0 Å². The van der Waals surface area contributed by atoms with Gasteiger partial charge in [0.1, 0.15) is 13.2 Å². The molecule has 2 nitrogen and oxygen atoms in total. The fraction of sp³-hybridized carbons (Fsp3) is 1.00. The van der Waals surface area contributed by atoms with E-state index in [1.54, 1.807) is 0 Å². The van der Waals surface area contributed by atoms with Gasteiger partial charge in [0.2, 0.25) is 0 Å². The number of halogens is 2. The third kappa shape index (κ3) is 16.2. The predicted octanol–water partition coefficient (Wildman–Crippen LogP) is -2.51. The summed E-state index contributed by atoms with van der Waals surface area (Å²) in [6, 6.07) is 0. The summed E-state index contributed by atoms with van der Waals surface area (Å²) in [6.07, 6.45) is 0. The first-order chi connectivity index (χ1) is 3.56. The van der Waals surface area contributed by atoms with E-state index in [0.717, 1.165) is 11.0 Å². The van der Waals surface area contributed by atoms with Crippen LogP contribution < -0.4 is 12.4 Å². The number of quaternary nitrogens is 1. The van der Waals surface area contributed by atoms with Crippen LogP contribution in [0.5, 0.6) is 0 Å². The molecule has 0 atom stereocenters. The fourth-order valence-corrected chi connectivity index (χ4v) is 0.377. The van der Waals surface area contributed by atoms with Gasteiger partial charge in [0.05, 0.1) is 33.0 Å². The van der Waals surface area contributed by atoms with Crippen LogP contribution >= 0.6 is 11.9 Å². The predicted molar refractivity (Wildman–Crippen MR) is 40.5 cm³/mol. The maximum Gasteiger partial charge on any atom is 0.117 e. The van der Waals surface area contributed by atoms with Gasteiger partial charge in [-0.15, -0.1) is 0 Å². The second-order valence-electron chi connectivity index (χ2n) is 2.83. The van der Waals surface area contributed by atoms with Crippen LogP contribution in [0.4, 0.5) is 0 Å². The summed E-state index contributed by atoms with van der Waals surface area (Å²) in [6.45, 7) is 1.56. The Hall–Kier alpha value is 1.50. The van der Waals surface area contributed by atoms with E-state index in [9.17, 15) is 0 Å². The monoisotopic (exact) mass is 196 g/mol. The molecule has 0 unspecified atom stereocenters. The van der Waals surface area contributed by atoms with E-state index >= 15 is 0 Å². The summed E-state index contributed by atoms with van der Waals surface area (Å²) >= 11 is 5.00. The molecule has 5 heteroatoms. The van der Waals surface area contributed by atoms with Crippen LogP contribution in [0.15, 0.2) is 0 Å². The minimum atomic E-state index is 0. The standard InChI is InChI=1S/C5H13ClNO.ClH.Na/c1-7(2,3)4-5-8-6;;/h4-5H2,1-3H3;1H;/q+1;;/p-1.